The molecule has 2 aliphatic rings. The fraction of sp³-hybridized carbons (Fsp3) is 0.500. The van der Waals surface area contributed by atoms with Gasteiger partial charge in [0.05, 0.1) is 23.7 Å². The first-order valence-corrected chi connectivity index (χ1v) is 13.8. The molecule has 1 saturated heterocycles. The number of carbonyl (C=O) groups excluding carboxylic acids is 1. The molecule has 1 atom stereocenters. The number of alkyl halides is 3. The molecule has 2 fully saturated rings. The summed E-state index contributed by atoms with van der Waals surface area (Å²) in [4.78, 5) is 14.4. The maximum Gasteiger partial charge on any atom is 0.416 e. The van der Waals surface area contributed by atoms with Crippen molar-refractivity contribution in [2.75, 3.05) is 26.7 Å². The molecule has 4 rings (SSSR count). The number of nitrogens with zero attached hydrogens (tertiary/aromatic N) is 2. The lowest BCUT2D eigenvalue weighted by Gasteiger charge is -2.39. The van der Waals surface area contributed by atoms with Gasteiger partial charge in [-0.25, -0.2) is 8.42 Å². The van der Waals surface area contributed by atoms with Crippen LogP contribution in [0, 0.1) is 0 Å². The number of benzene rings is 2. The summed E-state index contributed by atoms with van der Waals surface area (Å²) in [5, 5.41) is 3.00. The topological polar surface area (TPSA) is 79.0 Å². The summed E-state index contributed by atoms with van der Waals surface area (Å²) in [6.45, 7) is 1.31. The first-order valence-electron chi connectivity index (χ1n) is 12.4. The van der Waals surface area contributed by atoms with Gasteiger partial charge in [-0.05, 0) is 56.5 Å². The van der Waals surface area contributed by atoms with E-state index in [1.807, 2.05) is 30.3 Å². The van der Waals surface area contributed by atoms with Crippen molar-refractivity contribution in [2.24, 2.45) is 0 Å². The maximum atomic E-state index is 13.4. The molecule has 0 aromatic heterocycles. The summed E-state index contributed by atoms with van der Waals surface area (Å²) in [6, 6.07) is 12.4. The summed E-state index contributed by atoms with van der Waals surface area (Å²) >= 11 is 0. The first kappa shape index (κ1) is 27.6. The second-order valence-corrected chi connectivity index (χ2v) is 11.3. The van der Waals surface area contributed by atoms with Crippen molar-refractivity contribution < 1.29 is 31.1 Å². The van der Waals surface area contributed by atoms with Crippen molar-refractivity contribution in [1.29, 1.82) is 0 Å². The van der Waals surface area contributed by atoms with Gasteiger partial charge in [0.25, 0.3) is 0 Å². The van der Waals surface area contributed by atoms with Crippen molar-refractivity contribution >= 4 is 15.9 Å². The number of rotatable bonds is 10. The molecule has 1 N–H and O–H groups in total. The molecule has 0 spiro atoms. The third-order valence-corrected chi connectivity index (χ3v) is 8.82. The van der Waals surface area contributed by atoms with E-state index in [2.05, 4.69) is 5.32 Å². The predicted molar refractivity (Wildman–Crippen MR) is 132 cm³/mol. The molecule has 1 saturated carbocycles. The second-order valence-electron chi connectivity index (χ2n) is 9.49. The smallest absolute Gasteiger partial charge is 0.375 e. The molecule has 1 unspecified atom stereocenters. The number of carbonyl (C=O) groups is 1. The summed E-state index contributed by atoms with van der Waals surface area (Å²) in [5.41, 5.74) is 0.0186. The highest BCUT2D eigenvalue weighted by Crippen LogP contribution is 2.38. The van der Waals surface area contributed by atoms with Gasteiger partial charge in [-0.15, -0.1) is 0 Å². The molecule has 1 aliphatic heterocycles. The zero-order chi connectivity index (χ0) is 26.6. The number of hydrogen-bond donors (Lipinski definition) is 1. The van der Waals surface area contributed by atoms with Gasteiger partial charge in [0.1, 0.15) is 6.04 Å². The number of nitrogens with one attached hydrogen (secondary N) is 1. The Bertz CT molecular complexity index is 1170. The zero-order valence-corrected chi connectivity index (χ0v) is 21.5. The van der Waals surface area contributed by atoms with E-state index < -0.39 is 27.8 Å². The maximum absolute atomic E-state index is 13.4. The van der Waals surface area contributed by atoms with Gasteiger partial charge in [-0.3, -0.25) is 4.79 Å². The molecule has 1 aliphatic carbocycles. The van der Waals surface area contributed by atoms with Crippen molar-refractivity contribution in [3.63, 3.8) is 0 Å². The molecule has 0 radical (unpaired) electrons. The predicted octanol–water partition coefficient (Wildman–Crippen LogP) is 3.65. The standard InChI is InChI=1S/C26H32F3N3O4S/c1-30-24(18-36-17-19-6-3-2-4-7-19)25(33)31-14-12-22(13-15-31)32(21-10-11-21)37(34,35)23-9-5-8-20(16-23)26(27,28)29/h2-9,16,21-22,24,30H,10-15,17-18H2,1H3. The fourth-order valence-corrected chi connectivity index (χ4v) is 6.66. The highest BCUT2D eigenvalue weighted by atomic mass is 32.2. The molecule has 1 amide bonds. The minimum atomic E-state index is -4.63. The molecule has 2 aromatic rings. The summed E-state index contributed by atoms with van der Waals surface area (Å²) in [6.07, 6.45) is -2.43. The van der Waals surface area contributed by atoms with E-state index in [-0.39, 0.29) is 29.5 Å². The molecule has 7 nitrogen and oxygen atoms in total. The molecule has 11 heteroatoms. The number of likely N-dealkylation sites (tertiary alicyclic amines) is 1. The van der Waals surface area contributed by atoms with Crippen LogP contribution in [0.5, 0.6) is 0 Å². The van der Waals surface area contributed by atoms with E-state index in [4.69, 9.17) is 4.74 Å². The van der Waals surface area contributed by atoms with E-state index in [0.717, 1.165) is 17.7 Å². The number of hydrogen-bond acceptors (Lipinski definition) is 5. The summed E-state index contributed by atoms with van der Waals surface area (Å²) in [5.74, 6) is -0.118. The van der Waals surface area contributed by atoms with Crippen LogP contribution in [0.1, 0.15) is 36.8 Å². The molecule has 37 heavy (non-hydrogen) atoms. The molecule has 2 aromatic carbocycles. The van der Waals surface area contributed by atoms with E-state index in [1.54, 1.807) is 11.9 Å². The van der Waals surface area contributed by atoms with Gasteiger partial charge >= 0.3 is 6.18 Å². The van der Waals surface area contributed by atoms with Gasteiger partial charge in [0.2, 0.25) is 15.9 Å². The van der Waals surface area contributed by atoms with Crippen LogP contribution in [0.2, 0.25) is 0 Å². The number of likely N-dealkylation sites (N-methyl/N-ethyl adjacent to an activating group) is 1. The Morgan fingerprint density at radius 1 is 1.05 bits per heavy atom. The highest BCUT2D eigenvalue weighted by Gasteiger charge is 2.44. The number of ether oxygens (including phenoxy) is 1. The largest absolute Gasteiger partial charge is 0.416 e. The lowest BCUT2D eigenvalue weighted by atomic mass is 10.0. The van der Waals surface area contributed by atoms with Crippen molar-refractivity contribution in [3.05, 3.63) is 65.7 Å². The van der Waals surface area contributed by atoms with Crippen LogP contribution in [0.3, 0.4) is 0 Å². The Morgan fingerprint density at radius 3 is 2.30 bits per heavy atom. The summed E-state index contributed by atoms with van der Waals surface area (Å²) in [7, 11) is -2.43. The zero-order valence-electron chi connectivity index (χ0n) is 20.7. The highest BCUT2D eigenvalue weighted by molar-refractivity contribution is 7.89. The van der Waals surface area contributed by atoms with Crippen molar-refractivity contribution in [2.45, 2.75) is 61.5 Å². The average molecular weight is 540 g/mol. The summed E-state index contributed by atoms with van der Waals surface area (Å²) < 4.78 is 73.6. The Kier molecular flexibility index (Phi) is 8.57. The molecule has 0 bridgehead atoms. The Hall–Kier alpha value is -2.47. The van der Waals surface area contributed by atoms with E-state index in [9.17, 15) is 26.4 Å². The minimum Gasteiger partial charge on any atom is -0.375 e. The van der Waals surface area contributed by atoms with Crippen LogP contribution >= 0.6 is 0 Å². The normalized spacial score (nSPS) is 18.2. The SMILES string of the molecule is CNC(COCc1ccccc1)C(=O)N1CCC(N(C2CC2)S(=O)(=O)c2cccc(C(F)(F)F)c2)CC1. The Morgan fingerprint density at radius 2 is 1.70 bits per heavy atom. The minimum absolute atomic E-state index is 0.118. The van der Waals surface area contributed by atoms with Crippen LogP contribution in [0.4, 0.5) is 13.2 Å². The molecular weight excluding hydrogens is 507 g/mol. The molecule has 1 heterocycles. The molecular formula is C26H32F3N3O4S. The lowest BCUT2D eigenvalue weighted by Crippen LogP contribution is -2.54. The van der Waals surface area contributed by atoms with Crippen molar-refractivity contribution in [3.8, 4) is 0 Å². The van der Waals surface area contributed by atoms with Gasteiger partial charge in [0, 0.05) is 25.2 Å². The van der Waals surface area contributed by atoms with Gasteiger partial charge < -0.3 is 15.0 Å². The number of piperidine rings is 1. The van der Waals surface area contributed by atoms with Crippen molar-refractivity contribution in [1.82, 2.24) is 14.5 Å². The Labute approximate surface area is 215 Å². The number of halogens is 3. The average Bonchev–Trinajstić information content (AvgIpc) is 3.72. The van der Waals surface area contributed by atoms with Crippen LogP contribution in [0.15, 0.2) is 59.5 Å². The van der Waals surface area contributed by atoms with E-state index in [1.165, 1.54) is 10.4 Å². The Balaban J connectivity index is 1.38. The van der Waals surface area contributed by atoms with Gasteiger partial charge in [0.15, 0.2) is 0 Å². The number of amides is 1. The molecule has 202 valence electrons. The van der Waals surface area contributed by atoms with Gasteiger partial charge in [-0.2, -0.15) is 17.5 Å². The van der Waals surface area contributed by atoms with Gasteiger partial charge in [-0.1, -0.05) is 36.4 Å². The van der Waals surface area contributed by atoms with Crippen LogP contribution in [-0.4, -0.2) is 68.4 Å². The fourth-order valence-electron chi connectivity index (χ4n) is 4.68. The monoisotopic (exact) mass is 539 g/mol. The second kappa shape index (κ2) is 11.5. The lowest BCUT2D eigenvalue weighted by molar-refractivity contribution is -0.138. The quantitative estimate of drug-likeness (QED) is 0.499. The first-order chi connectivity index (χ1) is 17.6. The number of sulfonamides is 1. The third-order valence-electron chi connectivity index (χ3n) is 6.82. The van der Waals surface area contributed by atoms with E-state index in [0.29, 0.717) is 51.4 Å². The third kappa shape index (κ3) is 6.70. The van der Waals surface area contributed by atoms with Crippen LogP contribution in [0.25, 0.3) is 0 Å². The van der Waals surface area contributed by atoms with Crippen LogP contribution < -0.4 is 5.32 Å². The van der Waals surface area contributed by atoms with E-state index >= 15 is 0 Å². The van der Waals surface area contributed by atoms with Crippen LogP contribution in [-0.2, 0) is 32.3 Å².